The first-order chi connectivity index (χ1) is 15.5. The summed E-state index contributed by atoms with van der Waals surface area (Å²) in [5.74, 6) is 0.468. The van der Waals surface area contributed by atoms with Crippen LogP contribution in [-0.4, -0.2) is 21.5 Å². The van der Waals surface area contributed by atoms with E-state index in [2.05, 4.69) is 16.0 Å². The van der Waals surface area contributed by atoms with E-state index >= 15 is 0 Å². The molecule has 2 aromatic heterocycles. The Morgan fingerprint density at radius 3 is 2.31 bits per heavy atom. The van der Waals surface area contributed by atoms with Crippen molar-refractivity contribution in [1.82, 2.24) is 20.6 Å². The SMILES string of the molecule is Cc1noc(C)c1COc1ccc(C(=O)NNC(=O)c2ccccc2-n2cccc2)cc1. The number of aromatic nitrogens is 2. The number of aryl methyl sites for hydroxylation is 2. The van der Waals surface area contributed by atoms with Gasteiger partial charge in [0.1, 0.15) is 18.1 Å². The highest BCUT2D eigenvalue weighted by atomic mass is 16.5. The van der Waals surface area contributed by atoms with Crippen LogP contribution >= 0.6 is 0 Å². The molecule has 0 aliphatic rings. The van der Waals surface area contributed by atoms with E-state index < -0.39 is 11.8 Å². The van der Waals surface area contributed by atoms with Crippen molar-refractivity contribution in [3.8, 4) is 11.4 Å². The molecular formula is C24H22N4O4. The molecule has 32 heavy (non-hydrogen) atoms. The average Bonchev–Trinajstić information content (AvgIpc) is 3.46. The Hall–Kier alpha value is -4.33. The Morgan fingerprint density at radius 2 is 1.62 bits per heavy atom. The zero-order valence-corrected chi connectivity index (χ0v) is 17.7. The molecule has 0 bridgehead atoms. The second-order valence-corrected chi connectivity index (χ2v) is 7.13. The number of hydrogen-bond donors (Lipinski definition) is 2. The van der Waals surface area contributed by atoms with E-state index in [1.807, 2.05) is 55.1 Å². The van der Waals surface area contributed by atoms with Crippen molar-refractivity contribution in [1.29, 1.82) is 0 Å². The molecule has 8 heteroatoms. The van der Waals surface area contributed by atoms with Crippen LogP contribution in [0.5, 0.6) is 5.75 Å². The number of nitrogens with zero attached hydrogens (tertiary/aromatic N) is 2. The van der Waals surface area contributed by atoms with Crippen molar-refractivity contribution < 1.29 is 18.8 Å². The highest BCUT2D eigenvalue weighted by molar-refractivity contribution is 6.01. The maximum Gasteiger partial charge on any atom is 0.271 e. The van der Waals surface area contributed by atoms with Crippen molar-refractivity contribution >= 4 is 11.8 Å². The van der Waals surface area contributed by atoms with E-state index in [0.717, 1.165) is 11.3 Å². The Morgan fingerprint density at radius 1 is 0.938 bits per heavy atom. The maximum atomic E-state index is 12.6. The fourth-order valence-electron chi connectivity index (χ4n) is 3.20. The molecule has 162 valence electrons. The summed E-state index contributed by atoms with van der Waals surface area (Å²) in [5.41, 5.74) is 8.13. The predicted octanol–water partition coefficient (Wildman–Crippen LogP) is 3.74. The number of para-hydroxylation sites is 1. The number of amides is 2. The molecule has 4 rings (SSSR count). The van der Waals surface area contributed by atoms with Crippen LogP contribution in [0.2, 0.25) is 0 Å². The molecule has 0 aliphatic carbocycles. The topological polar surface area (TPSA) is 98.4 Å². The quantitative estimate of drug-likeness (QED) is 0.454. The van der Waals surface area contributed by atoms with Crippen LogP contribution in [0, 0.1) is 13.8 Å². The monoisotopic (exact) mass is 430 g/mol. The van der Waals surface area contributed by atoms with Gasteiger partial charge in [0.2, 0.25) is 0 Å². The van der Waals surface area contributed by atoms with Crippen molar-refractivity contribution in [2.75, 3.05) is 0 Å². The molecule has 0 aliphatic heterocycles. The Kier molecular flexibility index (Phi) is 6.03. The zero-order chi connectivity index (χ0) is 22.5. The van der Waals surface area contributed by atoms with E-state index in [1.165, 1.54) is 0 Å². The molecule has 0 saturated heterocycles. The molecule has 0 unspecified atom stereocenters. The molecule has 4 aromatic rings. The molecule has 2 heterocycles. The first-order valence-corrected chi connectivity index (χ1v) is 10.0. The van der Waals surface area contributed by atoms with Gasteiger partial charge in [0.15, 0.2) is 0 Å². The lowest BCUT2D eigenvalue weighted by molar-refractivity contribution is 0.0846. The minimum absolute atomic E-state index is 0.323. The smallest absolute Gasteiger partial charge is 0.271 e. The van der Waals surface area contributed by atoms with Gasteiger partial charge < -0.3 is 13.8 Å². The van der Waals surface area contributed by atoms with Crippen LogP contribution in [-0.2, 0) is 6.61 Å². The number of nitrogens with one attached hydrogen (secondary N) is 2. The highest BCUT2D eigenvalue weighted by Crippen LogP contribution is 2.18. The Bertz CT molecular complexity index is 1210. The summed E-state index contributed by atoms with van der Waals surface area (Å²) < 4.78 is 12.7. The number of benzene rings is 2. The van der Waals surface area contributed by atoms with E-state index in [0.29, 0.717) is 34.9 Å². The number of ether oxygens (including phenoxy) is 1. The van der Waals surface area contributed by atoms with Gasteiger partial charge in [0, 0.05) is 18.0 Å². The van der Waals surface area contributed by atoms with Crippen LogP contribution in [0.4, 0.5) is 0 Å². The number of hydrogen-bond acceptors (Lipinski definition) is 5. The zero-order valence-electron chi connectivity index (χ0n) is 17.7. The van der Waals surface area contributed by atoms with Crippen molar-refractivity contribution in [2.45, 2.75) is 20.5 Å². The van der Waals surface area contributed by atoms with E-state index in [4.69, 9.17) is 9.26 Å². The molecule has 8 nitrogen and oxygen atoms in total. The fraction of sp³-hybridized carbons (Fsp3) is 0.125. The molecular weight excluding hydrogens is 408 g/mol. The van der Waals surface area contributed by atoms with E-state index in [9.17, 15) is 9.59 Å². The van der Waals surface area contributed by atoms with Crippen LogP contribution < -0.4 is 15.6 Å². The Labute approximate surface area is 184 Å². The number of carbonyl (C=O) groups is 2. The molecule has 0 spiro atoms. The molecule has 2 aromatic carbocycles. The van der Waals surface area contributed by atoms with E-state index in [-0.39, 0.29) is 0 Å². The van der Waals surface area contributed by atoms with Gasteiger partial charge in [0.05, 0.1) is 22.5 Å². The summed E-state index contributed by atoms with van der Waals surface area (Å²) in [4.78, 5) is 25.1. The number of hydrazine groups is 1. The summed E-state index contributed by atoms with van der Waals surface area (Å²) in [6, 6.07) is 17.5. The summed E-state index contributed by atoms with van der Waals surface area (Å²) >= 11 is 0. The fourth-order valence-corrected chi connectivity index (χ4v) is 3.20. The lowest BCUT2D eigenvalue weighted by Gasteiger charge is -2.12. The lowest BCUT2D eigenvalue weighted by atomic mass is 10.1. The molecule has 0 atom stereocenters. The minimum Gasteiger partial charge on any atom is -0.489 e. The molecule has 2 N–H and O–H groups in total. The average molecular weight is 430 g/mol. The van der Waals surface area contributed by atoms with Crippen molar-refractivity contribution in [3.63, 3.8) is 0 Å². The van der Waals surface area contributed by atoms with Crippen LogP contribution in [0.25, 0.3) is 5.69 Å². The normalized spacial score (nSPS) is 10.6. The second kappa shape index (κ2) is 9.22. The minimum atomic E-state index is -0.436. The van der Waals surface area contributed by atoms with E-state index in [1.54, 1.807) is 36.4 Å². The summed E-state index contributed by atoms with van der Waals surface area (Å²) in [5, 5.41) is 3.90. The molecule has 0 saturated carbocycles. The third-order valence-electron chi connectivity index (χ3n) is 5.00. The summed E-state index contributed by atoms with van der Waals surface area (Å²) in [6.07, 6.45) is 3.69. The van der Waals surface area contributed by atoms with Gasteiger partial charge in [-0.15, -0.1) is 0 Å². The standard InChI is InChI=1S/C24H22N4O4/c1-16-21(17(2)32-27-16)15-31-19-11-9-18(10-12-19)23(29)25-26-24(30)20-7-3-4-8-22(20)28-13-5-6-14-28/h3-14H,15H2,1-2H3,(H,25,29)(H,26,30). The first-order valence-electron chi connectivity index (χ1n) is 10.0. The van der Waals surface area contributed by atoms with Gasteiger partial charge in [-0.2, -0.15) is 0 Å². The summed E-state index contributed by atoms with van der Waals surface area (Å²) in [6.45, 7) is 4.01. The third kappa shape index (κ3) is 4.54. The largest absolute Gasteiger partial charge is 0.489 e. The Balaban J connectivity index is 1.35. The van der Waals surface area contributed by atoms with Gasteiger partial charge in [-0.3, -0.25) is 20.4 Å². The number of carbonyl (C=O) groups excluding carboxylic acids is 2. The van der Waals surface area contributed by atoms with Crippen molar-refractivity contribution in [3.05, 3.63) is 101 Å². The molecule has 0 radical (unpaired) electrons. The highest BCUT2D eigenvalue weighted by Gasteiger charge is 2.14. The van der Waals surface area contributed by atoms with Crippen LogP contribution in [0.3, 0.4) is 0 Å². The number of rotatable bonds is 6. The second-order valence-electron chi connectivity index (χ2n) is 7.13. The van der Waals surface area contributed by atoms with Gasteiger partial charge in [-0.1, -0.05) is 17.3 Å². The maximum absolute atomic E-state index is 12.6. The summed E-state index contributed by atoms with van der Waals surface area (Å²) in [7, 11) is 0. The molecule has 0 fully saturated rings. The first kappa shape index (κ1) is 20.9. The van der Waals surface area contributed by atoms with Crippen molar-refractivity contribution in [2.24, 2.45) is 0 Å². The lowest BCUT2D eigenvalue weighted by Crippen LogP contribution is -2.41. The molecule has 2 amide bonds. The third-order valence-corrected chi connectivity index (χ3v) is 5.00. The predicted molar refractivity (Wildman–Crippen MR) is 117 cm³/mol. The van der Waals surface area contributed by atoms with Crippen LogP contribution in [0.15, 0.2) is 77.6 Å². The van der Waals surface area contributed by atoms with Gasteiger partial charge in [-0.25, -0.2) is 0 Å². The van der Waals surface area contributed by atoms with Gasteiger partial charge in [-0.05, 0) is 62.4 Å². The van der Waals surface area contributed by atoms with Gasteiger partial charge in [0.25, 0.3) is 11.8 Å². The van der Waals surface area contributed by atoms with Gasteiger partial charge >= 0.3 is 0 Å². The van der Waals surface area contributed by atoms with Crippen LogP contribution in [0.1, 0.15) is 37.7 Å².